The van der Waals surface area contributed by atoms with E-state index in [1.807, 2.05) is 13.1 Å². The van der Waals surface area contributed by atoms with Crippen LogP contribution in [0.5, 0.6) is 0 Å². The summed E-state index contributed by atoms with van der Waals surface area (Å²) in [5.74, 6) is 0.835. The van der Waals surface area contributed by atoms with Gasteiger partial charge in [0.2, 0.25) is 0 Å². The SMILES string of the molecule is CCNC(=NCc1nc(C)c(C)s1)NCCc1ncc(C)s1. The molecule has 7 heteroatoms. The van der Waals surface area contributed by atoms with Gasteiger partial charge in [0, 0.05) is 35.5 Å². The van der Waals surface area contributed by atoms with Gasteiger partial charge in [0.1, 0.15) is 5.01 Å². The van der Waals surface area contributed by atoms with E-state index >= 15 is 0 Å². The predicted octanol–water partition coefficient (Wildman–Crippen LogP) is 2.82. The van der Waals surface area contributed by atoms with Crippen molar-refractivity contribution in [1.29, 1.82) is 0 Å². The van der Waals surface area contributed by atoms with E-state index in [4.69, 9.17) is 0 Å². The molecule has 2 aromatic rings. The number of thiazole rings is 2. The smallest absolute Gasteiger partial charge is 0.191 e. The molecule has 0 radical (unpaired) electrons. The molecule has 0 unspecified atom stereocenters. The number of rotatable bonds is 6. The summed E-state index contributed by atoms with van der Waals surface area (Å²) in [7, 11) is 0. The quantitative estimate of drug-likeness (QED) is 0.628. The van der Waals surface area contributed by atoms with Crippen LogP contribution in [-0.4, -0.2) is 29.0 Å². The minimum Gasteiger partial charge on any atom is -0.357 e. The van der Waals surface area contributed by atoms with Crippen LogP contribution >= 0.6 is 22.7 Å². The van der Waals surface area contributed by atoms with Gasteiger partial charge in [-0.15, -0.1) is 22.7 Å². The number of aliphatic imine (C=N–C) groups is 1. The van der Waals surface area contributed by atoms with Crippen molar-refractivity contribution < 1.29 is 0 Å². The Balaban J connectivity index is 1.86. The summed E-state index contributed by atoms with van der Waals surface area (Å²) in [6.45, 7) is 10.6. The molecule has 0 fully saturated rings. The van der Waals surface area contributed by atoms with E-state index in [0.717, 1.165) is 41.2 Å². The number of aromatic nitrogens is 2. The van der Waals surface area contributed by atoms with Gasteiger partial charge < -0.3 is 10.6 Å². The lowest BCUT2D eigenvalue weighted by molar-refractivity contribution is 0.795. The molecule has 2 rings (SSSR count). The second-order valence-corrected chi connectivity index (χ2v) is 7.59. The number of hydrogen-bond acceptors (Lipinski definition) is 5. The molecule has 0 aliphatic rings. The second kappa shape index (κ2) is 8.24. The molecular formula is C15H23N5S2. The molecule has 2 aromatic heterocycles. The van der Waals surface area contributed by atoms with Crippen LogP contribution in [0, 0.1) is 20.8 Å². The second-order valence-electron chi connectivity index (χ2n) is 4.99. The maximum absolute atomic E-state index is 4.60. The highest BCUT2D eigenvalue weighted by Gasteiger charge is 2.04. The highest BCUT2D eigenvalue weighted by molar-refractivity contribution is 7.11. The molecule has 0 aromatic carbocycles. The molecule has 5 nitrogen and oxygen atoms in total. The van der Waals surface area contributed by atoms with Crippen LogP contribution in [0.1, 0.15) is 32.4 Å². The molecule has 0 saturated heterocycles. The van der Waals surface area contributed by atoms with Gasteiger partial charge in [-0.05, 0) is 27.7 Å². The number of nitrogens with zero attached hydrogens (tertiary/aromatic N) is 3. The van der Waals surface area contributed by atoms with Gasteiger partial charge in [-0.2, -0.15) is 0 Å². The zero-order valence-corrected chi connectivity index (χ0v) is 15.2. The Kier molecular flexibility index (Phi) is 6.33. The highest BCUT2D eigenvalue weighted by atomic mass is 32.1. The first-order chi connectivity index (χ1) is 10.6. The Morgan fingerprint density at radius 2 is 2.00 bits per heavy atom. The Morgan fingerprint density at radius 3 is 2.59 bits per heavy atom. The summed E-state index contributed by atoms with van der Waals surface area (Å²) in [5, 5.41) is 8.83. The van der Waals surface area contributed by atoms with Gasteiger partial charge in [0.25, 0.3) is 0 Å². The first-order valence-corrected chi connectivity index (χ1v) is 9.08. The summed E-state index contributed by atoms with van der Waals surface area (Å²) in [4.78, 5) is 16.0. The van der Waals surface area contributed by atoms with Crippen molar-refractivity contribution in [2.45, 2.75) is 40.7 Å². The van der Waals surface area contributed by atoms with Crippen LogP contribution in [0.25, 0.3) is 0 Å². The van der Waals surface area contributed by atoms with Crippen LogP contribution in [0.2, 0.25) is 0 Å². The molecule has 2 N–H and O–H groups in total. The lowest BCUT2D eigenvalue weighted by Gasteiger charge is -2.10. The fraction of sp³-hybridized carbons (Fsp3) is 0.533. The van der Waals surface area contributed by atoms with E-state index in [1.54, 1.807) is 22.7 Å². The normalized spacial score (nSPS) is 11.7. The average molecular weight is 338 g/mol. The number of guanidine groups is 1. The van der Waals surface area contributed by atoms with Gasteiger partial charge in [-0.1, -0.05) is 0 Å². The van der Waals surface area contributed by atoms with Crippen molar-refractivity contribution in [2.75, 3.05) is 13.1 Å². The van der Waals surface area contributed by atoms with Crippen LogP contribution in [0.15, 0.2) is 11.2 Å². The van der Waals surface area contributed by atoms with Crippen LogP contribution in [0.3, 0.4) is 0 Å². The third-order valence-corrected chi connectivity index (χ3v) is 5.12. The molecule has 120 valence electrons. The van der Waals surface area contributed by atoms with Gasteiger partial charge in [0.15, 0.2) is 5.96 Å². The van der Waals surface area contributed by atoms with Gasteiger partial charge in [-0.3, -0.25) is 0 Å². The summed E-state index contributed by atoms with van der Waals surface area (Å²) in [6, 6.07) is 0. The molecule has 2 heterocycles. The van der Waals surface area contributed by atoms with E-state index in [1.165, 1.54) is 9.75 Å². The monoisotopic (exact) mass is 337 g/mol. The number of aryl methyl sites for hydroxylation is 3. The van der Waals surface area contributed by atoms with Crippen molar-refractivity contribution >= 4 is 28.6 Å². The predicted molar refractivity (Wildman–Crippen MR) is 95.0 cm³/mol. The molecule has 0 bridgehead atoms. The molecule has 0 spiro atoms. The van der Waals surface area contributed by atoms with E-state index < -0.39 is 0 Å². The fourth-order valence-corrected chi connectivity index (χ4v) is 3.55. The molecule has 22 heavy (non-hydrogen) atoms. The molecular weight excluding hydrogens is 314 g/mol. The lowest BCUT2D eigenvalue weighted by atomic mass is 10.4. The zero-order chi connectivity index (χ0) is 15.9. The Bertz CT molecular complexity index is 610. The first-order valence-electron chi connectivity index (χ1n) is 7.45. The minimum atomic E-state index is 0.616. The van der Waals surface area contributed by atoms with Gasteiger partial charge >= 0.3 is 0 Å². The van der Waals surface area contributed by atoms with E-state index in [2.05, 4.69) is 46.4 Å². The van der Waals surface area contributed by atoms with Crippen molar-refractivity contribution in [3.8, 4) is 0 Å². The Labute approximate surface area is 139 Å². The standard InChI is InChI=1S/C15H23N5S2/c1-5-16-15(17-7-6-13-18-8-10(2)21-13)19-9-14-20-11(3)12(4)22-14/h8H,5-7,9H2,1-4H3,(H2,16,17,19). The topological polar surface area (TPSA) is 62.2 Å². The van der Waals surface area contributed by atoms with Crippen LogP contribution in [0.4, 0.5) is 0 Å². The van der Waals surface area contributed by atoms with Crippen molar-refractivity contribution in [2.24, 2.45) is 4.99 Å². The van der Waals surface area contributed by atoms with Crippen molar-refractivity contribution in [3.63, 3.8) is 0 Å². The lowest BCUT2D eigenvalue weighted by Crippen LogP contribution is -2.38. The third kappa shape index (κ3) is 5.06. The molecule has 0 aliphatic heterocycles. The van der Waals surface area contributed by atoms with Gasteiger partial charge in [0.05, 0.1) is 17.2 Å². The average Bonchev–Trinajstić information content (AvgIpc) is 3.03. The zero-order valence-electron chi connectivity index (χ0n) is 13.6. The summed E-state index contributed by atoms with van der Waals surface area (Å²) < 4.78 is 0. The van der Waals surface area contributed by atoms with Gasteiger partial charge in [-0.25, -0.2) is 15.0 Å². The summed E-state index contributed by atoms with van der Waals surface area (Å²) >= 11 is 3.46. The van der Waals surface area contributed by atoms with Crippen LogP contribution < -0.4 is 10.6 Å². The summed E-state index contributed by atoms with van der Waals surface area (Å²) in [6.07, 6.45) is 2.84. The highest BCUT2D eigenvalue weighted by Crippen LogP contribution is 2.17. The molecule has 0 aliphatic carbocycles. The van der Waals surface area contributed by atoms with E-state index in [-0.39, 0.29) is 0 Å². The molecule has 0 atom stereocenters. The minimum absolute atomic E-state index is 0.616. The van der Waals surface area contributed by atoms with Crippen LogP contribution in [-0.2, 0) is 13.0 Å². The van der Waals surface area contributed by atoms with Crippen molar-refractivity contribution in [1.82, 2.24) is 20.6 Å². The summed E-state index contributed by atoms with van der Waals surface area (Å²) in [5.41, 5.74) is 1.10. The number of hydrogen-bond donors (Lipinski definition) is 2. The Morgan fingerprint density at radius 1 is 1.18 bits per heavy atom. The maximum atomic E-state index is 4.60. The maximum Gasteiger partial charge on any atom is 0.191 e. The largest absolute Gasteiger partial charge is 0.357 e. The number of nitrogens with one attached hydrogen (secondary N) is 2. The fourth-order valence-electron chi connectivity index (χ4n) is 1.90. The van der Waals surface area contributed by atoms with E-state index in [9.17, 15) is 0 Å². The third-order valence-electron chi connectivity index (χ3n) is 3.09. The Hall–Kier alpha value is -1.47. The first kappa shape index (κ1) is 16.9. The molecule has 0 saturated carbocycles. The molecule has 0 amide bonds. The van der Waals surface area contributed by atoms with Crippen molar-refractivity contribution in [3.05, 3.63) is 31.7 Å². The van der Waals surface area contributed by atoms with E-state index in [0.29, 0.717) is 6.54 Å².